The molecule has 0 spiro atoms. The summed E-state index contributed by atoms with van der Waals surface area (Å²) in [4.78, 5) is 8.12. The number of aromatic nitrogens is 2. The minimum atomic E-state index is 0.642. The van der Waals surface area contributed by atoms with E-state index < -0.39 is 0 Å². The van der Waals surface area contributed by atoms with Gasteiger partial charge in [-0.1, -0.05) is 30.8 Å². The maximum Gasteiger partial charge on any atom is 0.142 e. The van der Waals surface area contributed by atoms with Crippen molar-refractivity contribution in [2.45, 2.75) is 39.0 Å². The number of ether oxygens (including phenoxy) is 1. The Balaban J connectivity index is 2.10. The van der Waals surface area contributed by atoms with Gasteiger partial charge in [0.1, 0.15) is 16.2 Å². The van der Waals surface area contributed by atoms with Gasteiger partial charge >= 0.3 is 0 Å². The number of para-hydroxylation sites is 1. The lowest BCUT2D eigenvalue weighted by Crippen LogP contribution is -2.03. The van der Waals surface area contributed by atoms with E-state index in [9.17, 15) is 0 Å². The predicted molar refractivity (Wildman–Crippen MR) is 87.3 cm³/mol. The number of hydrogen-bond donors (Lipinski definition) is 1. The fourth-order valence-electron chi connectivity index (χ4n) is 2.87. The number of aryl methyl sites for hydroxylation is 1. The number of aromatic amines is 1. The maximum atomic E-state index is 5.71. The Morgan fingerprint density at radius 3 is 2.86 bits per heavy atom. The summed E-state index contributed by atoms with van der Waals surface area (Å²) in [6, 6.07) is 7.99. The van der Waals surface area contributed by atoms with Crippen molar-refractivity contribution < 1.29 is 4.74 Å². The largest absolute Gasteiger partial charge is 0.493 e. The van der Waals surface area contributed by atoms with Crippen molar-refractivity contribution in [3.63, 3.8) is 0 Å². The van der Waals surface area contributed by atoms with Crippen LogP contribution in [0.2, 0.25) is 0 Å². The molecule has 0 unspecified atom stereocenters. The van der Waals surface area contributed by atoms with Crippen LogP contribution in [0.5, 0.6) is 5.75 Å². The molecule has 0 fully saturated rings. The van der Waals surface area contributed by atoms with Crippen molar-refractivity contribution in [3.8, 4) is 17.1 Å². The van der Waals surface area contributed by atoms with Gasteiger partial charge < -0.3 is 9.72 Å². The number of benzene rings is 1. The van der Waals surface area contributed by atoms with Gasteiger partial charge in [0.15, 0.2) is 0 Å². The van der Waals surface area contributed by atoms with Crippen LogP contribution in [0, 0.1) is 4.64 Å². The quantitative estimate of drug-likeness (QED) is 0.671. The minimum absolute atomic E-state index is 0.642. The molecule has 0 atom stereocenters. The third kappa shape index (κ3) is 3.00. The van der Waals surface area contributed by atoms with E-state index in [4.69, 9.17) is 17.0 Å². The molecule has 1 N–H and O–H groups in total. The molecule has 4 heteroatoms. The molecule has 2 aromatic rings. The average Bonchev–Trinajstić information content (AvgIpc) is 2.74. The van der Waals surface area contributed by atoms with Gasteiger partial charge in [0.2, 0.25) is 0 Å². The summed E-state index contributed by atoms with van der Waals surface area (Å²) < 4.78 is 6.45. The summed E-state index contributed by atoms with van der Waals surface area (Å²) in [7, 11) is 0. The molecule has 1 aliphatic carbocycles. The molecule has 21 heavy (non-hydrogen) atoms. The molecule has 3 rings (SSSR count). The summed E-state index contributed by atoms with van der Waals surface area (Å²) in [6.45, 7) is 2.63. The molecule has 0 bridgehead atoms. The van der Waals surface area contributed by atoms with Crippen molar-refractivity contribution in [2.24, 2.45) is 0 Å². The lowest BCUT2D eigenvalue weighted by atomic mass is 10.1. The fourth-order valence-corrected chi connectivity index (χ4v) is 3.18. The van der Waals surface area contributed by atoms with E-state index in [0.29, 0.717) is 6.61 Å². The van der Waals surface area contributed by atoms with Gasteiger partial charge in [-0.05, 0) is 44.7 Å². The highest BCUT2D eigenvalue weighted by atomic mass is 32.1. The second-order valence-corrected chi connectivity index (χ2v) is 5.72. The Morgan fingerprint density at radius 1 is 1.19 bits per heavy atom. The van der Waals surface area contributed by atoms with Crippen LogP contribution in [0.3, 0.4) is 0 Å². The Labute approximate surface area is 130 Å². The van der Waals surface area contributed by atoms with E-state index in [1.807, 2.05) is 31.2 Å². The molecule has 0 radical (unpaired) electrons. The van der Waals surface area contributed by atoms with Crippen LogP contribution in [0.15, 0.2) is 24.3 Å². The van der Waals surface area contributed by atoms with Crippen LogP contribution >= 0.6 is 12.2 Å². The second kappa shape index (κ2) is 6.39. The van der Waals surface area contributed by atoms with Crippen LogP contribution in [0.25, 0.3) is 11.4 Å². The van der Waals surface area contributed by atoms with Crippen molar-refractivity contribution in [1.82, 2.24) is 9.97 Å². The van der Waals surface area contributed by atoms with Gasteiger partial charge in [0.25, 0.3) is 0 Å². The second-order valence-electron chi connectivity index (χ2n) is 5.34. The van der Waals surface area contributed by atoms with Crippen molar-refractivity contribution in [3.05, 3.63) is 40.2 Å². The van der Waals surface area contributed by atoms with Crippen LogP contribution in [-0.4, -0.2) is 16.6 Å². The number of fused-ring (bicyclic) bond motifs is 1. The first-order chi connectivity index (χ1) is 10.3. The van der Waals surface area contributed by atoms with E-state index in [-0.39, 0.29) is 0 Å². The van der Waals surface area contributed by atoms with Gasteiger partial charge in [-0.3, -0.25) is 0 Å². The SMILES string of the molecule is CCOc1ccccc1-c1nc(=S)c2c([nH]1)CCCCC2. The highest BCUT2D eigenvalue weighted by Gasteiger charge is 2.14. The molecule has 110 valence electrons. The number of H-pyrrole nitrogens is 1. The first-order valence-electron chi connectivity index (χ1n) is 7.64. The van der Waals surface area contributed by atoms with Gasteiger partial charge in [-0.2, -0.15) is 0 Å². The van der Waals surface area contributed by atoms with E-state index in [1.165, 1.54) is 30.5 Å². The van der Waals surface area contributed by atoms with E-state index in [0.717, 1.165) is 34.6 Å². The summed E-state index contributed by atoms with van der Waals surface area (Å²) in [5, 5.41) is 0. The van der Waals surface area contributed by atoms with Crippen molar-refractivity contribution in [2.75, 3.05) is 6.61 Å². The standard InChI is InChI=1S/C17H20N2OS/c1-2-20-15-11-7-6-9-13(15)16-18-14-10-5-3-4-8-12(14)17(21)19-16/h6-7,9,11H,2-5,8,10H2,1H3,(H,18,19,21). The Kier molecular flexibility index (Phi) is 4.34. The predicted octanol–water partition coefficient (Wildman–Crippen LogP) is 4.47. The van der Waals surface area contributed by atoms with Crippen LogP contribution in [0.4, 0.5) is 0 Å². The summed E-state index contributed by atoms with van der Waals surface area (Å²) in [5.41, 5.74) is 3.48. The summed E-state index contributed by atoms with van der Waals surface area (Å²) in [5.74, 6) is 1.68. The van der Waals surface area contributed by atoms with E-state index in [1.54, 1.807) is 0 Å². The third-order valence-electron chi connectivity index (χ3n) is 3.90. The van der Waals surface area contributed by atoms with E-state index >= 15 is 0 Å². The molecule has 0 saturated heterocycles. The van der Waals surface area contributed by atoms with Gasteiger partial charge in [0, 0.05) is 11.3 Å². The molecule has 0 aliphatic heterocycles. The highest BCUT2D eigenvalue weighted by molar-refractivity contribution is 7.71. The van der Waals surface area contributed by atoms with Crippen LogP contribution in [-0.2, 0) is 12.8 Å². The lowest BCUT2D eigenvalue weighted by Gasteiger charge is -2.12. The summed E-state index contributed by atoms with van der Waals surface area (Å²) >= 11 is 5.52. The fraction of sp³-hybridized carbons (Fsp3) is 0.412. The molecule has 0 saturated carbocycles. The Bertz CT molecular complexity index is 693. The number of hydrogen-bond acceptors (Lipinski definition) is 3. The third-order valence-corrected chi connectivity index (χ3v) is 4.24. The number of rotatable bonds is 3. The van der Waals surface area contributed by atoms with Crippen LogP contribution < -0.4 is 4.74 Å². The number of nitrogens with zero attached hydrogens (tertiary/aromatic N) is 1. The Morgan fingerprint density at radius 2 is 2.00 bits per heavy atom. The highest BCUT2D eigenvalue weighted by Crippen LogP contribution is 2.29. The van der Waals surface area contributed by atoms with Gasteiger partial charge in [0.05, 0.1) is 12.2 Å². The van der Waals surface area contributed by atoms with Gasteiger partial charge in [-0.25, -0.2) is 4.98 Å². The zero-order valence-electron chi connectivity index (χ0n) is 12.3. The summed E-state index contributed by atoms with van der Waals surface area (Å²) in [6.07, 6.45) is 5.80. The molecule has 1 heterocycles. The smallest absolute Gasteiger partial charge is 0.142 e. The van der Waals surface area contributed by atoms with Crippen LogP contribution in [0.1, 0.15) is 37.4 Å². The zero-order chi connectivity index (χ0) is 14.7. The zero-order valence-corrected chi connectivity index (χ0v) is 13.1. The minimum Gasteiger partial charge on any atom is -0.493 e. The monoisotopic (exact) mass is 300 g/mol. The van der Waals surface area contributed by atoms with Crippen molar-refractivity contribution >= 4 is 12.2 Å². The van der Waals surface area contributed by atoms with E-state index in [2.05, 4.69) is 9.97 Å². The average molecular weight is 300 g/mol. The van der Waals surface area contributed by atoms with Crippen molar-refractivity contribution in [1.29, 1.82) is 0 Å². The topological polar surface area (TPSA) is 37.9 Å². The molecular weight excluding hydrogens is 280 g/mol. The number of nitrogens with one attached hydrogen (secondary N) is 1. The molecule has 0 amide bonds. The molecule has 1 aliphatic rings. The first-order valence-corrected chi connectivity index (χ1v) is 8.04. The normalized spacial score (nSPS) is 14.3. The van der Waals surface area contributed by atoms with Gasteiger partial charge in [-0.15, -0.1) is 0 Å². The lowest BCUT2D eigenvalue weighted by molar-refractivity contribution is 0.341. The molecular formula is C17H20N2OS. The maximum absolute atomic E-state index is 5.71. The Hall–Kier alpha value is -1.68. The molecule has 3 nitrogen and oxygen atoms in total. The molecule has 1 aromatic heterocycles. The molecule has 1 aromatic carbocycles. The first kappa shape index (κ1) is 14.3.